The molecule has 0 saturated carbocycles. The van der Waals surface area contributed by atoms with Gasteiger partial charge in [0.25, 0.3) is 0 Å². The Hall–Kier alpha value is -3.73. The minimum Gasteiger partial charge on any atom is -0.475 e. The minimum absolute atomic E-state index is 0.1000. The summed E-state index contributed by atoms with van der Waals surface area (Å²) in [6.07, 6.45) is -5.08. The number of carboxylic acids is 1. The summed E-state index contributed by atoms with van der Waals surface area (Å²) in [7, 11) is 0. The molecular weight excluding hydrogens is 445 g/mol. The second kappa shape index (κ2) is 10.3. The van der Waals surface area contributed by atoms with Gasteiger partial charge in [-0.05, 0) is 19.9 Å². The number of carbonyl (C=O) groups excluding carboxylic acids is 3. The lowest BCUT2D eigenvalue weighted by atomic mass is 9.83. The maximum absolute atomic E-state index is 12.9. The molecule has 3 rings (SSSR count). The first kappa shape index (κ1) is 25.5. The Morgan fingerprint density at radius 3 is 2.03 bits per heavy atom. The molecule has 4 N–H and O–H groups in total. The Labute approximate surface area is 186 Å². The number of nitrogens with two attached hydrogens (primary N) is 1. The van der Waals surface area contributed by atoms with E-state index in [1.165, 1.54) is 0 Å². The predicted octanol–water partition coefficient (Wildman–Crippen LogP) is 2.79. The van der Waals surface area contributed by atoms with Crippen LogP contribution in [0.25, 0.3) is 0 Å². The number of anilines is 1. The fraction of sp³-hybridized carbons (Fsp3) is 0.273. The second-order valence-corrected chi connectivity index (χ2v) is 7.20. The van der Waals surface area contributed by atoms with Gasteiger partial charge in [0.1, 0.15) is 12.6 Å². The lowest BCUT2D eigenvalue weighted by Gasteiger charge is -2.23. The van der Waals surface area contributed by atoms with Crippen LogP contribution >= 0.6 is 0 Å². The summed E-state index contributed by atoms with van der Waals surface area (Å²) < 4.78 is 36.8. The van der Waals surface area contributed by atoms with E-state index < -0.39 is 24.2 Å². The van der Waals surface area contributed by atoms with Crippen LogP contribution in [-0.4, -0.2) is 53.5 Å². The van der Waals surface area contributed by atoms with Gasteiger partial charge in [-0.3, -0.25) is 14.4 Å². The number of carbonyl (C=O) groups is 4. The smallest absolute Gasteiger partial charge is 0.475 e. The van der Waals surface area contributed by atoms with Crippen LogP contribution in [0, 0.1) is 0 Å². The number of nitrogens with one attached hydrogen (secondary N) is 1. The van der Waals surface area contributed by atoms with E-state index in [1.807, 2.05) is 6.92 Å². The fourth-order valence-electron chi connectivity index (χ4n) is 2.91. The number of carboxylic acid groups (broad SMARTS) is 1. The molecule has 0 amide bonds. The first-order chi connectivity index (χ1) is 15.3. The second-order valence-electron chi connectivity index (χ2n) is 7.20. The third-order valence-corrected chi connectivity index (χ3v) is 4.44. The van der Waals surface area contributed by atoms with Crippen LogP contribution in [0.4, 0.5) is 18.9 Å². The van der Waals surface area contributed by atoms with Gasteiger partial charge in [0.05, 0.1) is 11.6 Å². The quantitative estimate of drug-likeness (QED) is 0.489. The van der Waals surface area contributed by atoms with Crippen LogP contribution in [0.2, 0.25) is 0 Å². The van der Waals surface area contributed by atoms with Crippen LogP contribution in [0.1, 0.15) is 45.7 Å². The zero-order valence-corrected chi connectivity index (χ0v) is 17.6. The summed E-state index contributed by atoms with van der Waals surface area (Å²) in [5, 5.41) is 10.3. The summed E-state index contributed by atoms with van der Waals surface area (Å²) in [6, 6.07) is 11.0. The molecule has 0 unspecified atom stereocenters. The van der Waals surface area contributed by atoms with Gasteiger partial charge in [0.15, 0.2) is 11.6 Å². The van der Waals surface area contributed by atoms with E-state index in [1.54, 1.807) is 49.4 Å². The average molecular weight is 466 g/mol. The number of fused-ring (bicyclic) bond motifs is 2. The molecule has 2 atom stereocenters. The van der Waals surface area contributed by atoms with Gasteiger partial charge in [-0.2, -0.15) is 13.2 Å². The number of ether oxygens (including phenoxy) is 1. The standard InChI is InChI=1S/C20H20N2O4.C2HF3O2/c1-11(10-26-20(25)12(2)21)22-16-9-5-8-15-17(16)19(24)14-7-4-3-6-13(14)18(15)23;3-2(4,5)1(6)7/h3-9,11-12,22H,10,21H2,1-2H3;(H,6,7)/t11-,12-;/m0./s1. The SMILES string of the molecule is C[C@H](N)C(=O)OC[C@H](C)Nc1cccc2c1C(=O)c1ccccc1C2=O.O=C(O)C(F)(F)F. The van der Waals surface area contributed by atoms with E-state index in [0.717, 1.165) is 0 Å². The maximum atomic E-state index is 12.9. The van der Waals surface area contributed by atoms with Crippen molar-refractivity contribution < 1.29 is 42.2 Å². The van der Waals surface area contributed by atoms with Crippen molar-refractivity contribution in [2.24, 2.45) is 5.73 Å². The molecule has 8 nitrogen and oxygen atoms in total. The van der Waals surface area contributed by atoms with Gasteiger partial charge in [0.2, 0.25) is 0 Å². The Balaban J connectivity index is 0.000000479. The highest BCUT2D eigenvalue weighted by molar-refractivity contribution is 6.30. The Kier molecular flexibility index (Phi) is 7.94. The summed E-state index contributed by atoms with van der Waals surface area (Å²) in [5.74, 6) is -3.62. The molecule has 0 radical (unpaired) electrons. The van der Waals surface area contributed by atoms with Crippen molar-refractivity contribution in [1.29, 1.82) is 0 Å². The van der Waals surface area contributed by atoms with Crippen molar-refractivity contribution >= 4 is 29.2 Å². The van der Waals surface area contributed by atoms with Gasteiger partial charge in [0, 0.05) is 22.4 Å². The molecule has 0 bridgehead atoms. The average Bonchev–Trinajstić information content (AvgIpc) is 2.75. The molecule has 176 valence electrons. The fourth-order valence-corrected chi connectivity index (χ4v) is 2.91. The van der Waals surface area contributed by atoms with E-state index in [4.69, 9.17) is 20.4 Å². The summed E-state index contributed by atoms with van der Waals surface area (Å²) in [6.45, 7) is 3.47. The molecule has 2 aromatic carbocycles. The van der Waals surface area contributed by atoms with Crippen molar-refractivity contribution in [3.63, 3.8) is 0 Å². The van der Waals surface area contributed by atoms with Crippen molar-refractivity contribution in [2.45, 2.75) is 32.1 Å². The van der Waals surface area contributed by atoms with Gasteiger partial charge in [-0.15, -0.1) is 0 Å². The van der Waals surface area contributed by atoms with Crippen LogP contribution in [0.5, 0.6) is 0 Å². The van der Waals surface area contributed by atoms with Gasteiger partial charge in [-0.1, -0.05) is 36.4 Å². The van der Waals surface area contributed by atoms with E-state index in [9.17, 15) is 27.6 Å². The monoisotopic (exact) mass is 466 g/mol. The van der Waals surface area contributed by atoms with Gasteiger partial charge in [-0.25, -0.2) is 4.79 Å². The molecular formula is C22H21F3N2O6. The van der Waals surface area contributed by atoms with Crippen molar-refractivity contribution in [1.82, 2.24) is 0 Å². The summed E-state index contributed by atoms with van der Waals surface area (Å²) in [5.41, 5.74) is 7.55. The van der Waals surface area contributed by atoms with E-state index >= 15 is 0 Å². The number of benzene rings is 2. The molecule has 0 aromatic heterocycles. The summed E-state index contributed by atoms with van der Waals surface area (Å²) >= 11 is 0. The lowest BCUT2D eigenvalue weighted by Crippen LogP contribution is -2.33. The first-order valence-electron chi connectivity index (χ1n) is 9.64. The molecule has 33 heavy (non-hydrogen) atoms. The van der Waals surface area contributed by atoms with Crippen molar-refractivity contribution in [3.05, 3.63) is 64.7 Å². The van der Waals surface area contributed by atoms with E-state index in [-0.39, 0.29) is 24.2 Å². The first-order valence-corrected chi connectivity index (χ1v) is 9.64. The zero-order valence-electron chi connectivity index (χ0n) is 17.6. The van der Waals surface area contributed by atoms with Crippen molar-refractivity contribution in [2.75, 3.05) is 11.9 Å². The minimum atomic E-state index is -5.08. The number of rotatable bonds is 5. The number of hydrogen-bond acceptors (Lipinski definition) is 7. The van der Waals surface area contributed by atoms with E-state index in [2.05, 4.69) is 5.32 Å². The molecule has 0 spiro atoms. The number of esters is 1. The normalized spacial score (nSPS) is 14.1. The molecule has 11 heteroatoms. The largest absolute Gasteiger partial charge is 0.490 e. The maximum Gasteiger partial charge on any atom is 0.490 e. The molecule has 0 fully saturated rings. The molecule has 1 aliphatic rings. The number of halogens is 3. The highest BCUT2D eigenvalue weighted by Gasteiger charge is 2.38. The van der Waals surface area contributed by atoms with Crippen LogP contribution in [0.15, 0.2) is 42.5 Å². The number of ketones is 2. The van der Waals surface area contributed by atoms with Gasteiger partial charge < -0.3 is 20.9 Å². The molecule has 0 saturated heterocycles. The Morgan fingerprint density at radius 2 is 1.52 bits per heavy atom. The molecule has 0 heterocycles. The third kappa shape index (κ3) is 6.16. The molecule has 1 aliphatic carbocycles. The van der Waals surface area contributed by atoms with Crippen LogP contribution < -0.4 is 11.1 Å². The third-order valence-electron chi connectivity index (χ3n) is 4.44. The Morgan fingerprint density at radius 1 is 1.00 bits per heavy atom. The van der Waals surface area contributed by atoms with E-state index in [0.29, 0.717) is 27.9 Å². The van der Waals surface area contributed by atoms with Gasteiger partial charge >= 0.3 is 18.1 Å². The number of alkyl halides is 3. The summed E-state index contributed by atoms with van der Waals surface area (Å²) in [4.78, 5) is 46.0. The Bertz CT molecular complexity index is 1080. The number of hydrogen-bond donors (Lipinski definition) is 3. The molecule has 2 aromatic rings. The molecule has 0 aliphatic heterocycles. The number of aliphatic carboxylic acids is 1. The van der Waals surface area contributed by atoms with Crippen LogP contribution in [0.3, 0.4) is 0 Å². The van der Waals surface area contributed by atoms with Crippen molar-refractivity contribution in [3.8, 4) is 0 Å². The predicted molar refractivity (Wildman–Crippen MR) is 111 cm³/mol. The highest BCUT2D eigenvalue weighted by atomic mass is 19.4. The highest BCUT2D eigenvalue weighted by Crippen LogP contribution is 2.32. The topological polar surface area (TPSA) is 136 Å². The van der Waals surface area contributed by atoms with Crippen LogP contribution in [-0.2, 0) is 14.3 Å². The lowest BCUT2D eigenvalue weighted by molar-refractivity contribution is -0.192. The zero-order chi connectivity index (χ0) is 24.9.